The van der Waals surface area contributed by atoms with Gasteiger partial charge in [0.2, 0.25) is 0 Å². The highest BCUT2D eigenvalue weighted by atomic mass is 16.6. The molecule has 0 amide bonds. The van der Waals surface area contributed by atoms with E-state index in [0.717, 1.165) is 25.7 Å². The van der Waals surface area contributed by atoms with Gasteiger partial charge in [0.05, 0.1) is 12.0 Å². The van der Waals surface area contributed by atoms with Gasteiger partial charge < -0.3 is 9.84 Å². The van der Waals surface area contributed by atoms with Crippen LogP contribution in [0.5, 0.6) is 0 Å². The van der Waals surface area contributed by atoms with Crippen molar-refractivity contribution in [2.24, 2.45) is 5.92 Å². The van der Waals surface area contributed by atoms with E-state index in [-0.39, 0.29) is 11.9 Å². The Kier molecular flexibility index (Phi) is 2.06. The van der Waals surface area contributed by atoms with Crippen molar-refractivity contribution >= 4 is 5.97 Å². The van der Waals surface area contributed by atoms with Gasteiger partial charge in [-0.15, -0.1) is 0 Å². The molecular weight excluding hydrogens is 168 g/mol. The Morgan fingerprint density at radius 2 is 2.31 bits per heavy atom. The minimum absolute atomic E-state index is 0.0345. The summed E-state index contributed by atoms with van der Waals surface area (Å²) in [6.07, 6.45) is 4.00. The van der Waals surface area contributed by atoms with Crippen LogP contribution in [0.4, 0.5) is 0 Å². The van der Waals surface area contributed by atoms with Crippen LogP contribution in [0.2, 0.25) is 0 Å². The van der Waals surface area contributed by atoms with Crippen LogP contribution in [-0.2, 0) is 9.53 Å². The van der Waals surface area contributed by atoms with E-state index in [0.29, 0.717) is 6.42 Å². The minimum atomic E-state index is -0.519. The summed E-state index contributed by atoms with van der Waals surface area (Å²) in [4.78, 5) is 11.3. The first-order valence-electron chi connectivity index (χ1n) is 5.05. The number of hydrogen-bond acceptors (Lipinski definition) is 3. The molecule has 1 saturated carbocycles. The van der Waals surface area contributed by atoms with Crippen molar-refractivity contribution < 1.29 is 14.6 Å². The lowest BCUT2D eigenvalue weighted by molar-refractivity contribution is -0.164. The number of aliphatic hydroxyl groups excluding tert-OH is 1. The predicted molar refractivity (Wildman–Crippen MR) is 47.1 cm³/mol. The molecule has 3 atom stereocenters. The van der Waals surface area contributed by atoms with Gasteiger partial charge in [0, 0.05) is 6.42 Å². The molecular formula is C10H16O3. The van der Waals surface area contributed by atoms with E-state index in [9.17, 15) is 9.90 Å². The number of ether oxygens (including phenoxy) is 1. The van der Waals surface area contributed by atoms with Crippen LogP contribution in [0.3, 0.4) is 0 Å². The Balaban J connectivity index is 2.15. The first kappa shape index (κ1) is 9.00. The van der Waals surface area contributed by atoms with Gasteiger partial charge in [0.1, 0.15) is 5.60 Å². The van der Waals surface area contributed by atoms with Crippen LogP contribution in [0.1, 0.15) is 39.0 Å². The van der Waals surface area contributed by atoms with Crippen molar-refractivity contribution in [2.45, 2.75) is 50.7 Å². The van der Waals surface area contributed by atoms with Gasteiger partial charge in [0.15, 0.2) is 0 Å². The Morgan fingerprint density at radius 1 is 1.54 bits per heavy atom. The van der Waals surface area contributed by atoms with Crippen LogP contribution < -0.4 is 0 Å². The summed E-state index contributed by atoms with van der Waals surface area (Å²) >= 11 is 0. The lowest BCUT2D eigenvalue weighted by atomic mass is 9.79. The first-order chi connectivity index (χ1) is 6.14. The van der Waals surface area contributed by atoms with Crippen LogP contribution in [0, 0.1) is 5.92 Å². The third-order valence-corrected chi connectivity index (χ3v) is 3.29. The third kappa shape index (κ3) is 1.35. The summed E-state index contributed by atoms with van der Waals surface area (Å²) in [5, 5.41) is 9.82. The molecule has 0 aromatic heterocycles. The predicted octanol–water partition coefficient (Wildman–Crippen LogP) is 1.24. The summed E-state index contributed by atoms with van der Waals surface area (Å²) in [5.74, 6) is -0.172. The normalized spacial score (nSPS) is 45.2. The van der Waals surface area contributed by atoms with Crippen molar-refractivity contribution in [3.63, 3.8) is 0 Å². The maximum Gasteiger partial charge on any atom is 0.309 e. The molecule has 3 unspecified atom stereocenters. The van der Waals surface area contributed by atoms with Crippen molar-refractivity contribution in [3.8, 4) is 0 Å². The van der Waals surface area contributed by atoms with Crippen molar-refractivity contribution in [1.82, 2.24) is 0 Å². The quantitative estimate of drug-likeness (QED) is 0.576. The first-order valence-corrected chi connectivity index (χ1v) is 5.05. The van der Waals surface area contributed by atoms with Gasteiger partial charge in [-0.05, 0) is 19.3 Å². The minimum Gasteiger partial charge on any atom is -0.456 e. The van der Waals surface area contributed by atoms with Gasteiger partial charge in [-0.2, -0.15) is 0 Å². The highest BCUT2D eigenvalue weighted by molar-refractivity contribution is 5.75. The van der Waals surface area contributed by atoms with Gasteiger partial charge in [-0.25, -0.2) is 0 Å². The van der Waals surface area contributed by atoms with E-state index < -0.39 is 11.7 Å². The van der Waals surface area contributed by atoms with E-state index in [1.807, 2.05) is 6.92 Å². The van der Waals surface area contributed by atoms with E-state index in [2.05, 4.69) is 0 Å². The van der Waals surface area contributed by atoms with E-state index in [4.69, 9.17) is 4.74 Å². The molecule has 1 spiro atoms. The molecule has 1 N–H and O–H groups in total. The molecule has 0 aromatic rings. The fourth-order valence-corrected chi connectivity index (χ4v) is 2.49. The Bertz CT molecular complexity index is 226. The maximum absolute atomic E-state index is 11.3. The van der Waals surface area contributed by atoms with Gasteiger partial charge in [-0.1, -0.05) is 13.3 Å². The Morgan fingerprint density at radius 3 is 2.85 bits per heavy atom. The fourth-order valence-electron chi connectivity index (χ4n) is 2.49. The molecule has 1 aliphatic heterocycles. The number of esters is 1. The monoisotopic (exact) mass is 184 g/mol. The zero-order valence-corrected chi connectivity index (χ0v) is 7.95. The van der Waals surface area contributed by atoms with Crippen LogP contribution in [0.25, 0.3) is 0 Å². The highest BCUT2D eigenvalue weighted by Crippen LogP contribution is 2.42. The van der Waals surface area contributed by atoms with Gasteiger partial charge >= 0.3 is 5.97 Å². The molecule has 2 aliphatic rings. The zero-order valence-electron chi connectivity index (χ0n) is 7.95. The van der Waals surface area contributed by atoms with E-state index >= 15 is 0 Å². The molecule has 2 fully saturated rings. The molecule has 3 nitrogen and oxygen atoms in total. The average molecular weight is 184 g/mol. The number of rotatable bonds is 0. The summed E-state index contributed by atoms with van der Waals surface area (Å²) in [7, 11) is 0. The third-order valence-electron chi connectivity index (χ3n) is 3.29. The molecule has 3 heteroatoms. The second kappa shape index (κ2) is 2.98. The average Bonchev–Trinajstić information content (AvgIpc) is 2.36. The summed E-state index contributed by atoms with van der Waals surface area (Å²) < 4.78 is 5.33. The number of carbonyl (C=O) groups is 1. The molecule has 0 radical (unpaired) electrons. The highest BCUT2D eigenvalue weighted by Gasteiger charge is 2.50. The van der Waals surface area contributed by atoms with Crippen molar-refractivity contribution in [1.29, 1.82) is 0 Å². The number of hydrogen-bond donors (Lipinski definition) is 1. The van der Waals surface area contributed by atoms with Crippen LogP contribution in [0.15, 0.2) is 0 Å². The van der Waals surface area contributed by atoms with Crippen LogP contribution in [-0.4, -0.2) is 22.8 Å². The standard InChI is InChI=1S/C10H16O3/c1-7-6-10(13-9(7)12)5-3-2-4-8(10)11/h7-8,11H,2-6H2,1H3. The molecule has 1 aliphatic carbocycles. The summed E-state index contributed by atoms with van der Waals surface area (Å²) in [5.41, 5.74) is -0.519. The SMILES string of the molecule is CC1CC2(CCCCC2O)OC1=O. The maximum atomic E-state index is 11.3. The fraction of sp³-hybridized carbons (Fsp3) is 0.900. The van der Waals surface area contributed by atoms with Gasteiger partial charge in [-0.3, -0.25) is 4.79 Å². The van der Waals surface area contributed by atoms with Gasteiger partial charge in [0.25, 0.3) is 0 Å². The second-order valence-corrected chi connectivity index (χ2v) is 4.35. The smallest absolute Gasteiger partial charge is 0.309 e. The summed E-state index contributed by atoms with van der Waals surface area (Å²) in [6.45, 7) is 1.87. The van der Waals surface area contributed by atoms with E-state index in [1.165, 1.54) is 0 Å². The number of carbonyl (C=O) groups excluding carboxylic acids is 1. The zero-order chi connectivity index (χ0) is 9.47. The lowest BCUT2D eigenvalue weighted by Crippen LogP contribution is -2.44. The Labute approximate surface area is 78.1 Å². The molecule has 1 heterocycles. The molecule has 0 aromatic carbocycles. The molecule has 0 bridgehead atoms. The summed E-state index contributed by atoms with van der Waals surface area (Å²) in [6, 6.07) is 0. The van der Waals surface area contributed by atoms with Crippen LogP contribution >= 0.6 is 0 Å². The molecule has 74 valence electrons. The van der Waals surface area contributed by atoms with E-state index in [1.54, 1.807) is 0 Å². The largest absolute Gasteiger partial charge is 0.456 e. The molecule has 1 saturated heterocycles. The lowest BCUT2D eigenvalue weighted by Gasteiger charge is -2.36. The Hall–Kier alpha value is -0.570. The number of aliphatic hydroxyl groups is 1. The topological polar surface area (TPSA) is 46.5 Å². The molecule has 13 heavy (non-hydrogen) atoms. The second-order valence-electron chi connectivity index (χ2n) is 4.35. The van der Waals surface area contributed by atoms with Crippen molar-refractivity contribution in [3.05, 3.63) is 0 Å². The molecule has 2 rings (SSSR count). The van der Waals surface area contributed by atoms with Crippen molar-refractivity contribution in [2.75, 3.05) is 0 Å².